The Labute approximate surface area is 242 Å². The quantitative estimate of drug-likeness (QED) is 0.347. The number of aliphatic hydroxyl groups excluding tert-OH is 1. The summed E-state index contributed by atoms with van der Waals surface area (Å²) in [4.78, 5) is 27.0. The van der Waals surface area contributed by atoms with E-state index in [2.05, 4.69) is 34.6 Å². The first-order valence-corrected chi connectivity index (χ1v) is 16.2. The van der Waals surface area contributed by atoms with Gasteiger partial charge >= 0.3 is 11.9 Å². The largest absolute Gasteiger partial charge is 0.461 e. The van der Waals surface area contributed by atoms with Gasteiger partial charge in [0.2, 0.25) is 0 Å². The number of hydrogen-bond acceptors (Lipinski definition) is 6. The van der Waals surface area contributed by atoms with E-state index in [-0.39, 0.29) is 47.3 Å². The summed E-state index contributed by atoms with van der Waals surface area (Å²) in [6, 6.07) is 0. The maximum atomic E-state index is 13.6. The maximum Gasteiger partial charge on any atom is 0.335 e. The molecule has 0 radical (unpaired) electrons. The Bertz CT molecular complexity index is 1050. The van der Waals surface area contributed by atoms with E-state index in [1.807, 2.05) is 20.8 Å². The van der Waals surface area contributed by atoms with Crippen molar-refractivity contribution in [1.82, 2.24) is 0 Å². The minimum atomic E-state index is -0.718. The molecule has 1 unspecified atom stereocenters. The Morgan fingerprint density at radius 2 is 1.73 bits per heavy atom. The molecule has 0 aromatic rings. The van der Waals surface area contributed by atoms with Crippen molar-refractivity contribution in [3.8, 4) is 0 Å². The van der Waals surface area contributed by atoms with Crippen molar-refractivity contribution in [3.05, 3.63) is 11.1 Å². The third-order valence-corrected chi connectivity index (χ3v) is 13.2. The van der Waals surface area contributed by atoms with Crippen molar-refractivity contribution in [3.63, 3.8) is 0 Å². The number of carbonyl (C=O) groups is 2. The molecule has 5 aliphatic rings. The molecule has 3 fully saturated rings. The molecule has 0 amide bonds. The number of ether oxygens (including phenoxy) is 3. The minimum Gasteiger partial charge on any atom is -0.461 e. The maximum absolute atomic E-state index is 13.6. The second kappa shape index (κ2) is 10.4. The summed E-state index contributed by atoms with van der Waals surface area (Å²) in [5.41, 5.74) is 1.46. The van der Waals surface area contributed by atoms with Crippen LogP contribution in [0.4, 0.5) is 0 Å². The Morgan fingerprint density at radius 3 is 2.38 bits per heavy atom. The summed E-state index contributed by atoms with van der Waals surface area (Å²) in [5.74, 6) is 0.490. The Kier molecular flexibility index (Phi) is 7.82. The standard InChI is InChI=1S/C34H54O6/c1-9-21(35)17-27(36)40-26-19-24-32(6)15-12-14-31(5,10-2)23(32)13-16-33(24,7)25-18-22(38-11-3)28-20(4)39-30(37)29(28)34(25,26)8/h20-26,35H,9-19H2,1-8H3/t20-,21?,22+,23-,24+,25-,26-,31-,32-,33+,34+/m0/s1. The van der Waals surface area contributed by atoms with Crippen molar-refractivity contribution >= 4 is 11.9 Å². The van der Waals surface area contributed by atoms with Crippen LogP contribution >= 0.6 is 0 Å². The van der Waals surface area contributed by atoms with Crippen LogP contribution in [0.5, 0.6) is 0 Å². The molecule has 4 aliphatic carbocycles. The first-order valence-electron chi connectivity index (χ1n) is 16.2. The number of hydrogen-bond donors (Lipinski definition) is 1. The molecule has 40 heavy (non-hydrogen) atoms. The molecule has 6 nitrogen and oxygen atoms in total. The molecular weight excluding hydrogens is 504 g/mol. The number of carbonyl (C=O) groups excluding carboxylic acids is 2. The van der Waals surface area contributed by atoms with Crippen LogP contribution in [0, 0.1) is 39.4 Å². The fourth-order valence-corrected chi connectivity index (χ4v) is 11.1. The molecule has 5 rings (SSSR count). The number of esters is 2. The zero-order valence-electron chi connectivity index (χ0n) is 26.3. The topological polar surface area (TPSA) is 82.1 Å². The average Bonchev–Trinajstić information content (AvgIpc) is 3.21. The first kappa shape index (κ1) is 30.1. The van der Waals surface area contributed by atoms with Gasteiger partial charge in [-0.15, -0.1) is 0 Å². The van der Waals surface area contributed by atoms with E-state index in [9.17, 15) is 14.7 Å². The van der Waals surface area contributed by atoms with Crippen LogP contribution < -0.4 is 0 Å². The second-order valence-corrected chi connectivity index (χ2v) is 14.9. The number of cyclic esters (lactones) is 1. The summed E-state index contributed by atoms with van der Waals surface area (Å²) in [7, 11) is 0. The SMILES string of the molecule is CCO[C@@H]1C[C@H]2[C@]3(C)CC[C@H]4[C@@](C)(CC)CCC[C@]4(C)[C@H]3C[C@H](OC(=O)CC(O)CC)[C@]2(C)C2=C1[C@H](C)OC2=O. The van der Waals surface area contributed by atoms with E-state index in [1.165, 1.54) is 32.1 Å². The lowest BCUT2D eigenvalue weighted by molar-refractivity contribution is -0.233. The summed E-state index contributed by atoms with van der Waals surface area (Å²) >= 11 is 0. The highest BCUT2D eigenvalue weighted by atomic mass is 16.6. The minimum absolute atomic E-state index is 0.0161. The van der Waals surface area contributed by atoms with E-state index in [0.717, 1.165) is 24.8 Å². The highest BCUT2D eigenvalue weighted by Gasteiger charge is 2.71. The van der Waals surface area contributed by atoms with E-state index in [0.29, 0.717) is 35.9 Å². The molecule has 6 heteroatoms. The molecule has 0 bridgehead atoms. The highest BCUT2D eigenvalue weighted by Crippen LogP contribution is 2.74. The van der Waals surface area contributed by atoms with Gasteiger partial charge in [-0.05, 0) is 92.8 Å². The third-order valence-electron chi connectivity index (χ3n) is 13.2. The van der Waals surface area contributed by atoms with Gasteiger partial charge in [0.15, 0.2) is 0 Å². The van der Waals surface area contributed by atoms with Crippen LogP contribution in [0.1, 0.15) is 120 Å². The molecule has 1 aliphatic heterocycles. The molecule has 0 aromatic heterocycles. The predicted octanol–water partition coefficient (Wildman–Crippen LogP) is 6.78. The fourth-order valence-electron chi connectivity index (χ4n) is 11.1. The van der Waals surface area contributed by atoms with E-state index in [4.69, 9.17) is 14.2 Å². The zero-order valence-corrected chi connectivity index (χ0v) is 26.3. The van der Waals surface area contributed by atoms with Gasteiger partial charge in [0.25, 0.3) is 0 Å². The van der Waals surface area contributed by atoms with Crippen molar-refractivity contribution in [2.24, 2.45) is 39.4 Å². The molecule has 3 saturated carbocycles. The van der Waals surface area contributed by atoms with Crippen molar-refractivity contribution < 1.29 is 28.9 Å². The normalized spacial score (nSPS) is 47.0. The summed E-state index contributed by atoms with van der Waals surface area (Å²) in [6.45, 7) is 18.5. The van der Waals surface area contributed by atoms with Gasteiger partial charge in [0.1, 0.15) is 12.2 Å². The van der Waals surface area contributed by atoms with Crippen LogP contribution in [0.2, 0.25) is 0 Å². The Balaban J connectivity index is 1.65. The Hall–Kier alpha value is -1.40. The van der Waals surface area contributed by atoms with E-state index < -0.39 is 17.6 Å². The molecule has 1 N–H and O–H groups in total. The first-order chi connectivity index (χ1) is 18.8. The van der Waals surface area contributed by atoms with Gasteiger partial charge in [-0.25, -0.2) is 4.79 Å². The predicted molar refractivity (Wildman–Crippen MR) is 154 cm³/mol. The molecule has 1 heterocycles. The second-order valence-electron chi connectivity index (χ2n) is 14.9. The van der Waals surface area contributed by atoms with Crippen LogP contribution in [0.3, 0.4) is 0 Å². The number of rotatable bonds is 7. The molecule has 0 spiro atoms. The van der Waals surface area contributed by atoms with Crippen LogP contribution in [-0.2, 0) is 23.8 Å². The summed E-state index contributed by atoms with van der Waals surface area (Å²) in [6.07, 6.45) is 7.64. The lowest BCUT2D eigenvalue weighted by Gasteiger charge is -2.70. The van der Waals surface area contributed by atoms with Crippen molar-refractivity contribution in [1.29, 1.82) is 0 Å². The van der Waals surface area contributed by atoms with Crippen LogP contribution in [0.25, 0.3) is 0 Å². The summed E-state index contributed by atoms with van der Waals surface area (Å²) < 4.78 is 18.7. The van der Waals surface area contributed by atoms with E-state index in [1.54, 1.807) is 0 Å². The van der Waals surface area contributed by atoms with Crippen molar-refractivity contribution in [2.75, 3.05) is 6.61 Å². The van der Waals surface area contributed by atoms with Crippen LogP contribution in [0.15, 0.2) is 11.1 Å². The highest BCUT2D eigenvalue weighted by molar-refractivity contribution is 5.95. The fraction of sp³-hybridized carbons (Fsp3) is 0.882. The van der Waals surface area contributed by atoms with Gasteiger partial charge in [0, 0.05) is 17.6 Å². The summed E-state index contributed by atoms with van der Waals surface area (Å²) in [5, 5.41) is 10.3. The smallest absolute Gasteiger partial charge is 0.335 e. The number of aliphatic hydroxyl groups is 1. The molecule has 226 valence electrons. The van der Waals surface area contributed by atoms with Crippen molar-refractivity contribution in [2.45, 2.75) is 144 Å². The molecule has 0 saturated heterocycles. The van der Waals surface area contributed by atoms with Gasteiger partial charge in [-0.3, -0.25) is 4.79 Å². The molecular formula is C34H54O6. The van der Waals surface area contributed by atoms with Gasteiger partial charge in [0.05, 0.1) is 24.2 Å². The van der Waals surface area contributed by atoms with Crippen LogP contribution in [-0.4, -0.2) is 48.1 Å². The molecule has 11 atom stereocenters. The van der Waals surface area contributed by atoms with Gasteiger partial charge in [-0.1, -0.05) is 54.4 Å². The third kappa shape index (κ3) is 4.24. The lowest BCUT2D eigenvalue weighted by Crippen LogP contribution is -2.67. The zero-order chi connectivity index (χ0) is 29.3. The Morgan fingerprint density at radius 1 is 1.02 bits per heavy atom. The average molecular weight is 559 g/mol. The van der Waals surface area contributed by atoms with E-state index >= 15 is 0 Å². The van der Waals surface area contributed by atoms with Gasteiger partial charge in [-0.2, -0.15) is 0 Å². The monoisotopic (exact) mass is 558 g/mol. The lowest BCUT2D eigenvalue weighted by atomic mass is 9.34. The van der Waals surface area contributed by atoms with Gasteiger partial charge < -0.3 is 19.3 Å². The number of fused-ring (bicyclic) bond motifs is 6. The molecule has 0 aromatic carbocycles.